The van der Waals surface area contributed by atoms with Gasteiger partial charge in [0.05, 0.1) is 38.2 Å². The van der Waals surface area contributed by atoms with Crippen molar-refractivity contribution in [2.24, 2.45) is 0 Å². The van der Waals surface area contributed by atoms with Gasteiger partial charge in [-0.25, -0.2) is 14.5 Å². The Morgan fingerprint density at radius 1 is 1.06 bits per heavy atom. The normalized spacial score (nSPS) is 11.2. The van der Waals surface area contributed by atoms with E-state index in [9.17, 15) is 4.79 Å². The molecule has 5 rings (SSSR count). The highest BCUT2D eigenvalue weighted by Gasteiger charge is 2.16. The fraction of sp³-hybridized carbons (Fsp3) is 0.174. The Balaban J connectivity index is 1.48. The van der Waals surface area contributed by atoms with Crippen LogP contribution in [0.4, 0.5) is 0 Å². The Morgan fingerprint density at radius 2 is 1.91 bits per heavy atom. The molecule has 0 saturated carbocycles. The van der Waals surface area contributed by atoms with Crippen LogP contribution in [-0.2, 0) is 11.3 Å². The third kappa shape index (κ3) is 3.64. The fourth-order valence-corrected chi connectivity index (χ4v) is 3.52. The third-order valence-electron chi connectivity index (χ3n) is 5.02. The maximum atomic E-state index is 11.9. The van der Waals surface area contributed by atoms with Crippen molar-refractivity contribution in [1.82, 2.24) is 29.5 Å². The van der Waals surface area contributed by atoms with Gasteiger partial charge < -0.3 is 9.47 Å². The number of nitrogens with zero attached hydrogens (tertiary/aromatic N) is 6. The standard InChI is InChI=1S/C23H20N6O3/c1-3-32-22(30)18-11-24-29(13-18)23-25-19-14-28(27-20(19)21(26-23)31-2)12-15-8-9-16-6-4-5-7-17(16)10-15/h4-11,13-14H,3,12H2,1-2H3. The summed E-state index contributed by atoms with van der Waals surface area (Å²) in [5.41, 5.74) is 2.60. The zero-order valence-corrected chi connectivity index (χ0v) is 17.6. The molecule has 160 valence electrons. The Hall–Kier alpha value is -4.27. The van der Waals surface area contributed by atoms with E-state index in [2.05, 4.69) is 50.5 Å². The van der Waals surface area contributed by atoms with Crippen LogP contribution in [0.5, 0.6) is 5.88 Å². The zero-order valence-electron chi connectivity index (χ0n) is 17.6. The van der Waals surface area contributed by atoms with Crippen LogP contribution in [0.1, 0.15) is 22.8 Å². The summed E-state index contributed by atoms with van der Waals surface area (Å²) in [6, 6.07) is 14.6. The van der Waals surface area contributed by atoms with E-state index in [-0.39, 0.29) is 12.6 Å². The van der Waals surface area contributed by atoms with E-state index in [0.29, 0.717) is 29.0 Å². The first-order valence-electron chi connectivity index (χ1n) is 10.1. The predicted octanol–water partition coefficient (Wildman–Crippen LogP) is 3.40. The number of hydrogen-bond acceptors (Lipinski definition) is 7. The van der Waals surface area contributed by atoms with Crippen LogP contribution in [0.25, 0.3) is 27.8 Å². The van der Waals surface area contributed by atoms with Crippen LogP contribution in [0, 0.1) is 0 Å². The summed E-state index contributed by atoms with van der Waals surface area (Å²) in [7, 11) is 1.53. The minimum absolute atomic E-state index is 0.273. The van der Waals surface area contributed by atoms with Gasteiger partial charge in [0, 0.05) is 6.20 Å². The molecule has 3 heterocycles. The molecule has 5 aromatic rings. The van der Waals surface area contributed by atoms with E-state index in [0.717, 1.165) is 5.56 Å². The number of carbonyl (C=O) groups excluding carboxylic acids is 1. The van der Waals surface area contributed by atoms with Gasteiger partial charge in [0.15, 0.2) is 5.52 Å². The van der Waals surface area contributed by atoms with E-state index >= 15 is 0 Å². The molecule has 9 heteroatoms. The van der Waals surface area contributed by atoms with Crippen LogP contribution in [0.15, 0.2) is 61.1 Å². The Kier molecular flexibility index (Phi) is 4.98. The first kappa shape index (κ1) is 19.7. The molecule has 0 aliphatic rings. The first-order valence-corrected chi connectivity index (χ1v) is 10.1. The SMILES string of the molecule is CCOC(=O)c1cnn(-c2nc(OC)c3nn(Cc4ccc5ccccc5c4)cc3n2)c1. The van der Waals surface area contributed by atoms with Crippen molar-refractivity contribution in [3.63, 3.8) is 0 Å². The summed E-state index contributed by atoms with van der Waals surface area (Å²) in [5, 5.41) is 11.2. The number of rotatable bonds is 6. The van der Waals surface area contributed by atoms with Gasteiger partial charge in [0.1, 0.15) is 5.52 Å². The highest BCUT2D eigenvalue weighted by molar-refractivity contribution is 5.89. The average Bonchev–Trinajstić information content (AvgIpc) is 3.45. The highest BCUT2D eigenvalue weighted by atomic mass is 16.5. The molecule has 0 aliphatic heterocycles. The third-order valence-corrected chi connectivity index (χ3v) is 5.02. The molecule has 3 aromatic heterocycles. The van der Waals surface area contributed by atoms with E-state index in [1.54, 1.807) is 6.92 Å². The molecule has 0 unspecified atom stereocenters. The van der Waals surface area contributed by atoms with Crippen molar-refractivity contribution >= 4 is 27.8 Å². The first-order chi connectivity index (χ1) is 15.6. The molecule has 0 amide bonds. The van der Waals surface area contributed by atoms with Crippen LogP contribution in [0.3, 0.4) is 0 Å². The quantitative estimate of drug-likeness (QED) is 0.382. The number of carbonyl (C=O) groups is 1. The second kappa shape index (κ2) is 8.10. The maximum Gasteiger partial charge on any atom is 0.341 e. The predicted molar refractivity (Wildman–Crippen MR) is 118 cm³/mol. The largest absolute Gasteiger partial charge is 0.479 e. The molecule has 0 bridgehead atoms. The van der Waals surface area contributed by atoms with Crippen LogP contribution in [0.2, 0.25) is 0 Å². The smallest absolute Gasteiger partial charge is 0.341 e. The highest BCUT2D eigenvalue weighted by Crippen LogP contribution is 2.23. The molecule has 2 aromatic carbocycles. The molecule has 0 aliphatic carbocycles. The van der Waals surface area contributed by atoms with Crippen molar-refractivity contribution < 1.29 is 14.3 Å². The van der Waals surface area contributed by atoms with Crippen molar-refractivity contribution in [2.75, 3.05) is 13.7 Å². The van der Waals surface area contributed by atoms with E-state index in [1.807, 2.05) is 23.0 Å². The van der Waals surface area contributed by atoms with Gasteiger partial charge in [-0.15, -0.1) is 0 Å². The van der Waals surface area contributed by atoms with Crippen molar-refractivity contribution in [2.45, 2.75) is 13.5 Å². The molecule has 0 atom stereocenters. The Morgan fingerprint density at radius 3 is 2.72 bits per heavy atom. The molecule has 0 fully saturated rings. The summed E-state index contributed by atoms with van der Waals surface area (Å²) in [6.07, 6.45) is 4.78. The molecular weight excluding hydrogens is 408 g/mol. The minimum Gasteiger partial charge on any atom is -0.479 e. The molecular formula is C23H20N6O3. The second-order valence-corrected chi connectivity index (χ2v) is 7.17. The van der Waals surface area contributed by atoms with Crippen LogP contribution in [-0.4, -0.2) is 49.2 Å². The monoisotopic (exact) mass is 428 g/mol. The number of aromatic nitrogens is 6. The van der Waals surface area contributed by atoms with Crippen LogP contribution < -0.4 is 4.74 Å². The Labute approximate surface area is 183 Å². The van der Waals surface area contributed by atoms with E-state index < -0.39 is 5.97 Å². The number of methoxy groups -OCH3 is 1. The molecule has 9 nitrogen and oxygen atoms in total. The van der Waals surface area contributed by atoms with Gasteiger partial charge in [0.25, 0.3) is 5.95 Å². The van der Waals surface area contributed by atoms with Crippen molar-refractivity contribution in [1.29, 1.82) is 0 Å². The number of esters is 1. The van der Waals surface area contributed by atoms with E-state index in [1.165, 1.54) is 35.0 Å². The van der Waals surface area contributed by atoms with Gasteiger partial charge in [0.2, 0.25) is 5.88 Å². The number of fused-ring (bicyclic) bond motifs is 2. The van der Waals surface area contributed by atoms with E-state index in [4.69, 9.17) is 9.47 Å². The minimum atomic E-state index is -0.449. The summed E-state index contributed by atoms with van der Waals surface area (Å²) < 4.78 is 13.7. The summed E-state index contributed by atoms with van der Waals surface area (Å²) in [5.74, 6) is 0.153. The fourth-order valence-electron chi connectivity index (χ4n) is 3.52. The average molecular weight is 428 g/mol. The lowest BCUT2D eigenvalue weighted by Gasteiger charge is -2.04. The van der Waals surface area contributed by atoms with Crippen molar-refractivity contribution in [3.8, 4) is 11.8 Å². The topological polar surface area (TPSA) is 97.0 Å². The lowest BCUT2D eigenvalue weighted by Crippen LogP contribution is -2.05. The molecule has 0 N–H and O–H groups in total. The van der Waals surface area contributed by atoms with Gasteiger partial charge >= 0.3 is 5.97 Å². The molecule has 0 radical (unpaired) electrons. The molecule has 0 saturated heterocycles. The van der Waals surface area contributed by atoms with Gasteiger partial charge in [-0.1, -0.05) is 36.4 Å². The summed E-state index contributed by atoms with van der Waals surface area (Å²) in [6.45, 7) is 2.62. The van der Waals surface area contributed by atoms with Crippen molar-refractivity contribution in [3.05, 3.63) is 72.2 Å². The lowest BCUT2D eigenvalue weighted by atomic mass is 10.1. The number of benzene rings is 2. The van der Waals surface area contributed by atoms with Gasteiger partial charge in [-0.2, -0.15) is 15.2 Å². The summed E-state index contributed by atoms with van der Waals surface area (Å²) >= 11 is 0. The summed E-state index contributed by atoms with van der Waals surface area (Å²) in [4.78, 5) is 20.9. The van der Waals surface area contributed by atoms with Gasteiger partial charge in [-0.05, 0) is 29.3 Å². The van der Waals surface area contributed by atoms with Crippen LogP contribution >= 0.6 is 0 Å². The second-order valence-electron chi connectivity index (χ2n) is 7.17. The number of hydrogen-bond donors (Lipinski definition) is 0. The zero-order chi connectivity index (χ0) is 22.1. The Bertz CT molecular complexity index is 1440. The maximum absolute atomic E-state index is 11.9. The molecule has 0 spiro atoms. The lowest BCUT2D eigenvalue weighted by molar-refractivity contribution is 0.0526. The number of ether oxygens (including phenoxy) is 2. The van der Waals surface area contributed by atoms with Gasteiger partial charge in [-0.3, -0.25) is 4.68 Å². The molecule has 32 heavy (non-hydrogen) atoms.